The SMILES string of the molecule is Cc1c(-c2cccc(OCCCCC(=O)O)c2F)c(=O)n(CC(N)c2ccccc2)c(=O)n1Cc1c(F)cccc1F. The Morgan fingerprint density at radius 2 is 1.60 bits per heavy atom. The average Bonchev–Trinajstić information content (AvgIpc) is 2.96. The highest BCUT2D eigenvalue weighted by molar-refractivity contribution is 5.68. The maximum atomic E-state index is 15.8. The van der Waals surface area contributed by atoms with E-state index in [2.05, 4.69) is 0 Å². The molecule has 0 fully saturated rings. The predicted octanol–water partition coefficient (Wildman–Crippen LogP) is 4.78. The minimum atomic E-state index is -0.952. The molecule has 0 saturated carbocycles. The Hall–Kier alpha value is -4.64. The minimum absolute atomic E-state index is 0.00491. The van der Waals surface area contributed by atoms with Crippen LogP contribution in [-0.2, 0) is 17.9 Å². The number of nitrogens with two attached hydrogens (primary N) is 1. The molecule has 0 aliphatic carbocycles. The maximum absolute atomic E-state index is 15.8. The quantitative estimate of drug-likeness (QED) is 0.233. The number of aromatic nitrogens is 2. The van der Waals surface area contributed by atoms with Gasteiger partial charge in [-0.15, -0.1) is 0 Å². The van der Waals surface area contributed by atoms with E-state index in [0.717, 1.165) is 21.3 Å². The molecule has 8 nitrogen and oxygen atoms in total. The van der Waals surface area contributed by atoms with E-state index in [0.29, 0.717) is 18.4 Å². The zero-order valence-corrected chi connectivity index (χ0v) is 22.9. The van der Waals surface area contributed by atoms with Crippen LogP contribution in [0.3, 0.4) is 0 Å². The molecular formula is C31H30F3N3O5. The highest BCUT2D eigenvalue weighted by atomic mass is 19.1. The van der Waals surface area contributed by atoms with Crippen LogP contribution in [0.25, 0.3) is 11.1 Å². The van der Waals surface area contributed by atoms with Gasteiger partial charge in [0, 0.05) is 29.3 Å². The molecule has 0 aliphatic heterocycles. The van der Waals surface area contributed by atoms with Gasteiger partial charge in [-0.1, -0.05) is 48.5 Å². The first-order chi connectivity index (χ1) is 20.1. The number of hydrogen-bond donors (Lipinski definition) is 2. The number of hydrogen-bond acceptors (Lipinski definition) is 5. The first-order valence-electron chi connectivity index (χ1n) is 13.3. The molecule has 11 heteroatoms. The smallest absolute Gasteiger partial charge is 0.331 e. The van der Waals surface area contributed by atoms with Gasteiger partial charge in [0.05, 0.1) is 25.3 Å². The Morgan fingerprint density at radius 3 is 2.26 bits per heavy atom. The van der Waals surface area contributed by atoms with Crippen LogP contribution in [0.15, 0.2) is 76.3 Å². The van der Waals surface area contributed by atoms with Crippen molar-refractivity contribution in [3.8, 4) is 16.9 Å². The van der Waals surface area contributed by atoms with Crippen molar-refractivity contribution in [2.45, 2.75) is 45.3 Å². The van der Waals surface area contributed by atoms with Gasteiger partial charge in [-0.3, -0.25) is 18.7 Å². The molecule has 1 aromatic heterocycles. The van der Waals surface area contributed by atoms with Crippen LogP contribution in [-0.4, -0.2) is 26.8 Å². The lowest BCUT2D eigenvalue weighted by atomic mass is 10.0. The molecule has 1 heterocycles. The summed E-state index contributed by atoms with van der Waals surface area (Å²) in [6.45, 7) is 0.598. The molecule has 1 atom stereocenters. The van der Waals surface area contributed by atoms with Gasteiger partial charge in [-0.05, 0) is 43.5 Å². The van der Waals surface area contributed by atoms with Gasteiger partial charge in [-0.25, -0.2) is 18.0 Å². The van der Waals surface area contributed by atoms with Crippen molar-refractivity contribution in [2.75, 3.05) is 6.61 Å². The average molecular weight is 582 g/mol. The van der Waals surface area contributed by atoms with Gasteiger partial charge in [0.25, 0.3) is 5.56 Å². The van der Waals surface area contributed by atoms with Crippen LogP contribution in [0.1, 0.15) is 42.1 Å². The fourth-order valence-corrected chi connectivity index (χ4v) is 4.68. The molecule has 0 radical (unpaired) electrons. The van der Waals surface area contributed by atoms with E-state index in [1.54, 1.807) is 30.3 Å². The van der Waals surface area contributed by atoms with E-state index in [1.807, 2.05) is 0 Å². The summed E-state index contributed by atoms with van der Waals surface area (Å²) in [5, 5.41) is 8.79. The summed E-state index contributed by atoms with van der Waals surface area (Å²) in [5.74, 6) is -3.77. The molecule has 0 bridgehead atoms. The summed E-state index contributed by atoms with van der Waals surface area (Å²) in [7, 11) is 0. The summed E-state index contributed by atoms with van der Waals surface area (Å²) in [6, 6.07) is 15.4. The molecule has 0 spiro atoms. The second-order valence-electron chi connectivity index (χ2n) is 9.78. The van der Waals surface area contributed by atoms with E-state index in [-0.39, 0.29) is 42.1 Å². The van der Waals surface area contributed by atoms with Crippen LogP contribution in [0.5, 0.6) is 5.75 Å². The molecule has 4 aromatic rings. The van der Waals surface area contributed by atoms with Gasteiger partial charge < -0.3 is 15.6 Å². The van der Waals surface area contributed by atoms with Crippen molar-refractivity contribution in [1.82, 2.24) is 9.13 Å². The van der Waals surface area contributed by atoms with Crippen LogP contribution in [0.2, 0.25) is 0 Å². The van der Waals surface area contributed by atoms with Crippen molar-refractivity contribution in [3.05, 3.63) is 122 Å². The number of unbranched alkanes of at least 4 members (excludes halogenated alkanes) is 1. The summed E-state index contributed by atoms with van der Waals surface area (Å²) >= 11 is 0. The molecule has 0 amide bonds. The zero-order chi connectivity index (χ0) is 30.4. The van der Waals surface area contributed by atoms with Crippen molar-refractivity contribution < 1.29 is 27.8 Å². The van der Waals surface area contributed by atoms with Gasteiger partial charge in [-0.2, -0.15) is 0 Å². The van der Waals surface area contributed by atoms with Crippen LogP contribution in [0, 0.1) is 24.4 Å². The lowest BCUT2D eigenvalue weighted by Gasteiger charge is -2.20. The van der Waals surface area contributed by atoms with E-state index < -0.39 is 52.8 Å². The molecule has 3 N–H and O–H groups in total. The third kappa shape index (κ3) is 6.63. The summed E-state index contributed by atoms with van der Waals surface area (Å²) in [4.78, 5) is 38.2. The first kappa shape index (κ1) is 30.3. The number of carboxylic acids is 1. The van der Waals surface area contributed by atoms with Crippen LogP contribution < -0.4 is 21.7 Å². The Labute approximate surface area is 239 Å². The number of aliphatic carboxylic acids is 1. The van der Waals surface area contributed by atoms with Crippen LogP contribution in [0.4, 0.5) is 13.2 Å². The fraction of sp³-hybridized carbons (Fsp3) is 0.258. The van der Waals surface area contributed by atoms with E-state index in [9.17, 15) is 23.2 Å². The number of ether oxygens (including phenoxy) is 1. The molecule has 3 aromatic carbocycles. The number of carboxylic acid groups (broad SMARTS) is 1. The van der Waals surface area contributed by atoms with Crippen molar-refractivity contribution in [3.63, 3.8) is 0 Å². The Morgan fingerprint density at radius 1 is 0.929 bits per heavy atom. The fourth-order valence-electron chi connectivity index (χ4n) is 4.68. The monoisotopic (exact) mass is 581 g/mol. The Bertz CT molecular complexity index is 1680. The lowest BCUT2D eigenvalue weighted by Crippen LogP contribution is -2.44. The standard InChI is InChI=1S/C31H30F3N3O5/c1-19-28(21-11-7-14-26(29(21)34)42-16-6-5-15-27(38)39)30(40)37(18-25(35)20-9-3-2-4-10-20)31(41)36(19)17-22-23(32)12-8-13-24(22)33/h2-4,7-14,25H,5-6,15-18,35H2,1H3,(H,38,39). The highest BCUT2D eigenvalue weighted by Crippen LogP contribution is 2.29. The second-order valence-corrected chi connectivity index (χ2v) is 9.78. The van der Waals surface area contributed by atoms with Crippen molar-refractivity contribution >= 4 is 5.97 Å². The molecule has 220 valence electrons. The normalized spacial score (nSPS) is 11.8. The Kier molecular flexibility index (Phi) is 9.64. The number of benzene rings is 3. The summed E-state index contributed by atoms with van der Waals surface area (Å²) in [5.41, 5.74) is 4.52. The largest absolute Gasteiger partial charge is 0.490 e. The summed E-state index contributed by atoms with van der Waals surface area (Å²) in [6.07, 6.45) is 0.637. The number of halogens is 3. The van der Waals surface area contributed by atoms with E-state index in [4.69, 9.17) is 15.6 Å². The first-order valence-corrected chi connectivity index (χ1v) is 13.3. The predicted molar refractivity (Wildman–Crippen MR) is 151 cm³/mol. The molecule has 0 saturated heterocycles. The highest BCUT2D eigenvalue weighted by Gasteiger charge is 2.24. The van der Waals surface area contributed by atoms with Crippen LogP contribution >= 0.6 is 0 Å². The number of carbonyl (C=O) groups is 1. The van der Waals surface area contributed by atoms with Gasteiger partial charge in [0.2, 0.25) is 0 Å². The third-order valence-electron chi connectivity index (χ3n) is 6.95. The minimum Gasteiger partial charge on any atom is -0.490 e. The van der Waals surface area contributed by atoms with E-state index in [1.165, 1.54) is 31.2 Å². The number of rotatable bonds is 12. The van der Waals surface area contributed by atoms with Crippen molar-refractivity contribution in [1.29, 1.82) is 0 Å². The van der Waals surface area contributed by atoms with Gasteiger partial charge in [0.15, 0.2) is 11.6 Å². The number of nitrogens with zero attached hydrogens (tertiary/aromatic N) is 2. The van der Waals surface area contributed by atoms with Crippen molar-refractivity contribution in [2.24, 2.45) is 5.73 Å². The Balaban J connectivity index is 1.83. The van der Waals surface area contributed by atoms with Gasteiger partial charge >= 0.3 is 11.7 Å². The molecule has 1 unspecified atom stereocenters. The molecular weight excluding hydrogens is 551 g/mol. The lowest BCUT2D eigenvalue weighted by molar-refractivity contribution is -0.137. The molecule has 42 heavy (non-hydrogen) atoms. The van der Waals surface area contributed by atoms with E-state index >= 15 is 4.39 Å². The van der Waals surface area contributed by atoms with Gasteiger partial charge in [0.1, 0.15) is 11.6 Å². The zero-order valence-electron chi connectivity index (χ0n) is 22.9. The molecule has 4 rings (SSSR count). The third-order valence-corrected chi connectivity index (χ3v) is 6.95. The second kappa shape index (κ2) is 13.3. The maximum Gasteiger partial charge on any atom is 0.331 e. The molecule has 0 aliphatic rings. The topological polar surface area (TPSA) is 117 Å². The summed E-state index contributed by atoms with van der Waals surface area (Å²) < 4.78 is 52.4.